The Bertz CT molecular complexity index is 462. The average molecular weight is 250 g/mol. The summed E-state index contributed by atoms with van der Waals surface area (Å²) in [5.74, 6) is 0.821. The molecule has 3 nitrogen and oxygen atoms in total. The van der Waals surface area contributed by atoms with Gasteiger partial charge in [-0.05, 0) is 30.4 Å². The second-order valence-electron chi connectivity index (χ2n) is 5.34. The smallest absolute Gasteiger partial charge is 0.132 e. The maximum Gasteiger partial charge on any atom is 0.132 e. The van der Waals surface area contributed by atoms with Crippen molar-refractivity contribution in [2.24, 2.45) is 5.41 Å². The minimum Gasteiger partial charge on any atom is -0.356 e. The molecule has 17 heavy (non-hydrogen) atoms. The topological polar surface area (TPSA) is 39.9 Å². The van der Waals surface area contributed by atoms with Crippen LogP contribution >= 0.6 is 11.6 Å². The summed E-state index contributed by atoms with van der Waals surface area (Å²) in [6.07, 6.45) is 2.39. The Morgan fingerprint density at radius 1 is 1.47 bits per heavy atom. The van der Waals surface area contributed by atoms with E-state index in [-0.39, 0.29) is 0 Å². The highest BCUT2D eigenvalue weighted by molar-refractivity contribution is 6.29. The van der Waals surface area contributed by atoms with E-state index in [1.165, 1.54) is 6.42 Å². The summed E-state index contributed by atoms with van der Waals surface area (Å²) in [5.41, 5.74) is 0.873. The molecule has 0 amide bonds. The van der Waals surface area contributed by atoms with Crippen molar-refractivity contribution >= 4 is 17.4 Å². The molecule has 0 aromatic carbocycles. The number of pyridine rings is 1. The quantitative estimate of drug-likeness (QED) is 0.718. The molecule has 4 heteroatoms. The third kappa shape index (κ3) is 2.89. The molecule has 0 unspecified atom stereocenters. The molecule has 2 rings (SSSR count). The Morgan fingerprint density at radius 2 is 2.24 bits per heavy atom. The SMILES string of the molecule is CC1(C)CCCN(c2cc(C#N)cc(Cl)n2)C1. The zero-order valence-electron chi connectivity index (χ0n) is 10.2. The first-order valence-corrected chi connectivity index (χ1v) is 6.21. The Kier molecular flexibility index (Phi) is 3.26. The van der Waals surface area contributed by atoms with E-state index in [9.17, 15) is 0 Å². The molecule has 0 N–H and O–H groups in total. The molecule has 0 radical (unpaired) electrons. The standard InChI is InChI=1S/C13H16ClN3/c1-13(2)4-3-5-17(9-13)12-7-10(8-15)6-11(14)16-12/h6-7H,3-5,9H2,1-2H3. The highest BCUT2D eigenvalue weighted by Crippen LogP contribution is 2.31. The van der Waals surface area contributed by atoms with E-state index in [1.807, 2.05) is 6.07 Å². The molecule has 1 aromatic heterocycles. The number of hydrogen-bond acceptors (Lipinski definition) is 3. The molecule has 1 saturated heterocycles. The van der Waals surface area contributed by atoms with Crippen molar-refractivity contribution in [3.05, 3.63) is 22.8 Å². The van der Waals surface area contributed by atoms with Crippen LogP contribution < -0.4 is 4.90 Å². The normalized spacial score (nSPS) is 18.8. The minimum atomic E-state index is 0.301. The lowest BCUT2D eigenvalue weighted by atomic mass is 9.84. The van der Waals surface area contributed by atoms with Gasteiger partial charge in [-0.1, -0.05) is 25.4 Å². The first-order chi connectivity index (χ1) is 8.00. The van der Waals surface area contributed by atoms with E-state index in [4.69, 9.17) is 16.9 Å². The summed E-state index contributed by atoms with van der Waals surface area (Å²) in [6.45, 7) is 6.47. The largest absolute Gasteiger partial charge is 0.356 e. The molecule has 90 valence electrons. The van der Waals surface area contributed by atoms with Gasteiger partial charge < -0.3 is 4.90 Å². The fraction of sp³-hybridized carbons (Fsp3) is 0.538. The first kappa shape index (κ1) is 12.2. The summed E-state index contributed by atoms with van der Waals surface area (Å²) in [4.78, 5) is 6.53. The molecular formula is C13H16ClN3. The van der Waals surface area contributed by atoms with Crippen LogP contribution in [0.4, 0.5) is 5.82 Å². The fourth-order valence-corrected chi connectivity index (χ4v) is 2.53. The molecule has 0 bridgehead atoms. The average Bonchev–Trinajstić information content (AvgIpc) is 2.27. The van der Waals surface area contributed by atoms with Crippen LogP contribution in [0.5, 0.6) is 0 Å². The molecule has 0 aliphatic carbocycles. The second kappa shape index (κ2) is 4.54. The van der Waals surface area contributed by atoms with Gasteiger partial charge in [0.1, 0.15) is 11.0 Å². The third-order valence-electron chi connectivity index (χ3n) is 3.13. The number of rotatable bonds is 1. The number of hydrogen-bond donors (Lipinski definition) is 0. The van der Waals surface area contributed by atoms with Crippen LogP contribution in [0.3, 0.4) is 0 Å². The minimum absolute atomic E-state index is 0.301. The number of nitrogens with zero attached hydrogens (tertiary/aromatic N) is 3. The van der Waals surface area contributed by atoms with Crippen molar-refractivity contribution in [2.45, 2.75) is 26.7 Å². The van der Waals surface area contributed by atoms with Crippen LogP contribution in [0.15, 0.2) is 12.1 Å². The lowest BCUT2D eigenvalue weighted by Gasteiger charge is -2.38. The van der Waals surface area contributed by atoms with Gasteiger partial charge in [-0.25, -0.2) is 4.98 Å². The van der Waals surface area contributed by atoms with Gasteiger partial charge in [0.05, 0.1) is 11.6 Å². The number of aromatic nitrogens is 1. The molecule has 1 aromatic rings. The molecular weight excluding hydrogens is 234 g/mol. The van der Waals surface area contributed by atoms with Crippen LogP contribution in [0.2, 0.25) is 5.15 Å². The van der Waals surface area contributed by atoms with Crippen molar-refractivity contribution in [3.63, 3.8) is 0 Å². The molecule has 2 heterocycles. The van der Waals surface area contributed by atoms with Crippen LogP contribution in [0.1, 0.15) is 32.3 Å². The molecule has 0 saturated carbocycles. The summed E-state index contributed by atoms with van der Waals surface area (Å²) in [7, 11) is 0. The Morgan fingerprint density at radius 3 is 2.88 bits per heavy atom. The van der Waals surface area contributed by atoms with Gasteiger partial charge in [-0.2, -0.15) is 5.26 Å². The van der Waals surface area contributed by atoms with E-state index < -0.39 is 0 Å². The Hall–Kier alpha value is -1.27. The van der Waals surface area contributed by atoms with Gasteiger partial charge >= 0.3 is 0 Å². The van der Waals surface area contributed by atoms with E-state index in [2.05, 4.69) is 29.8 Å². The molecule has 0 atom stereocenters. The van der Waals surface area contributed by atoms with Crippen LogP contribution in [-0.4, -0.2) is 18.1 Å². The highest BCUT2D eigenvalue weighted by atomic mass is 35.5. The predicted octanol–water partition coefficient (Wildman–Crippen LogP) is 3.23. The van der Waals surface area contributed by atoms with Gasteiger partial charge in [0.2, 0.25) is 0 Å². The van der Waals surface area contributed by atoms with Gasteiger partial charge in [-0.3, -0.25) is 0 Å². The first-order valence-electron chi connectivity index (χ1n) is 5.83. The lowest BCUT2D eigenvalue weighted by Crippen LogP contribution is -2.40. The summed E-state index contributed by atoms with van der Waals surface area (Å²) >= 11 is 5.93. The van der Waals surface area contributed by atoms with Crippen molar-refractivity contribution in [1.82, 2.24) is 4.98 Å². The number of nitriles is 1. The summed E-state index contributed by atoms with van der Waals surface area (Å²) in [6, 6.07) is 5.53. The maximum atomic E-state index is 8.93. The second-order valence-corrected chi connectivity index (χ2v) is 5.73. The molecule has 1 aliphatic heterocycles. The van der Waals surface area contributed by atoms with Crippen molar-refractivity contribution < 1.29 is 0 Å². The van der Waals surface area contributed by atoms with Gasteiger partial charge in [0.15, 0.2) is 0 Å². The van der Waals surface area contributed by atoms with Crippen molar-refractivity contribution in [1.29, 1.82) is 5.26 Å². The monoisotopic (exact) mass is 249 g/mol. The summed E-state index contributed by atoms with van der Waals surface area (Å²) in [5, 5.41) is 9.32. The maximum absolute atomic E-state index is 8.93. The van der Waals surface area contributed by atoms with Crippen LogP contribution in [-0.2, 0) is 0 Å². The van der Waals surface area contributed by atoms with Crippen molar-refractivity contribution in [2.75, 3.05) is 18.0 Å². The van der Waals surface area contributed by atoms with Gasteiger partial charge in [-0.15, -0.1) is 0 Å². The Balaban J connectivity index is 2.28. The van der Waals surface area contributed by atoms with Crippen molar-refractivity contribution in [3.8, 4) is 6.07 Å². The predicted molar refractivity (Wildman–Crippen MR) is 69.2 cm³/mol. The lowest BCUT2D eigenvalue weighted by molar-refractivity contribution is 0.292. The fourth-order valence-electron chi connectivity index (χ4n) is 2.33. The number of piperidine rings is 1. The zero-order chi connectivity index (χ0) is 12.5. The molecule has 1 aliphatic rings. The van der Waals surface area contributed by atoms with Gasteiger partial charge in [0.25, 0.3) is 0 Å². The van der Waals surface area contributed by atoms with Crippen LogP contribution in [0.25, 0.3) is 0 Å². The Labute approximate surface area is 107 Å². The zero-order valence-corrected chi connectivity index (χ0v) is 11.0. The van der Waals surface area contributed by atoms with Gasteiger partial charge in [0, 0.05) is 13.1 Å². The number of anilines is 1. The van der Waals surface area contributed by atoms with E-state index in [1.54, 1.807) is 6.07 Å². The molecule has 0 spiro atoms. The summed E-state index contributed by atoms with van der Waals surface area (Å²) < 4.78 is 0. The third-order valence-corrected chi connectivity index (χ3v) is 3.33. The number of halogens is 1. The highest BCUT2D eigenvalue weighted by Gasteiger charge is 2.27. The van der Waals surface area contributed by atoms with Crippen LogP contribution in [0, 0.1) is 16.7 Å². The van der Waals surface area contributed by atoms with E-state index in [0.717, 1.165) is 25.3 Å². The molecule has 1 fully saturated rings. The van der Waals surface area contributed by atoms with E-state index >= 15 is 0 Å². The van der Waals surface area contributed by atoms with E-state index in [0.29, 0.717) is 16.1 Å².